The highest BCUT2D eigenvalue weighted by Crippen LogP contribution is 2.26. The molecule has 2 N–H and O–H groups in total. The topological polar surface area (TPSA) is 89.7 Å². The predicted octanol–water partition coefficient (Wildman–Crippen LogP) is 1.71. The van der Waals surface area contributed by atoms with Gasteiger partial charge in [0, 0.05) is 19.1 Å². The minimum atomic E-state index is -3.66. The summed E-state index contributed by atoms with van der Waals surface area (Å²) in [4.78, 5) is 11.9. The third kappa shape index (κ3) is 4.03. The molecule has 1 atom stereocenters. The van der Waals surface area contributed by atoms with Crippen molar-refractivity contribution < 1.29 is 17.9 Å². The van der Waals surface area contributed by atoms with Gasteiger partial charge in [0.2, 0.25) is 10.0 Å². The molecule has 8 heteroatoms. The van der Waals surface area contributed by atoms with Gasteiger partial charge < -0.3 is 10.5 Å². The first-order valence-electron chi connectivity index (χ1n) is 7.32. The van der Waals surface area contributed by atoms with E-state index in [0.717, 1.165) is 19.3 Å². The van der Waals surface area contributed by atoms with Crippen LogP contribution >= 0.6 is 12.4 Å². The van der Waals surface area contributed by atoms with E-state index in [4.69, 9.17) is 10.5 Å². The van der Waals surface area contributed by atoms with E-state index in [2.05, 4.69) is 0 Å². The van der Waals surface area contributed by atoms with Crippen molar-refractivity contribution in [1.29, 1.82) is 0 Å². The van der Waals surface area contributed by atoms with Crippen LogP contribution in [0.5, 0.6) is 0 Å². The molecule has 1 fully saturated rings. The number of carbonyl (C=O) groups is 1. The van der Waals surface area contributed by atoms with Gasteiger partial charge in [0.25, 0.3) is 0 Å². The van der Waals surface area contributed by atoms with Crippen LogP contribution in [0.1, 0.15) is 35.2 Å². The Morgan fingerprint density at radius 1 is 1.39 bits per heavy atom. The molecule has 2 rings (SSSR count). The summed E-state index contributed by atoms with van der Waals surface area (Å²) in [6.45, 7) is 2.51. The Morgan fingerprint density at radius 3 is 2.70 bits per heavy atom. The summed E-state index contributed by atoms with van der Waals surface area (Å²) in [5.41, 5.74) is 6.66. The molecule has 1 saturated heterocycles. The third-order valence-corrected chi connectivity index (χ3v) is 6.01. The molecule has 1 aliphatic rings. The highest BCUT2D eigenvalue weighted by Gasteiger charge is 2.33. The molecule has 0 radical (unpaired) electrons. The summed E-state index contributed by atoms with van der Waals surface area (Å²) in [5, 5.41) is 0. The van der Waals surface area contributed by atoms with Gasteiger partial charge in [0.05, 0.1) is 17.6 Å². The van der Waals surface area contributed by atoms with Crippen LogP contribution in [-0.2, 0) is 14.8 Å². The fourth-order valence-electron chi connectivity index (χ4n) is 2.75. The van der Waals surface area contributed by atoms with Gasteiger partial charge in [-0.2, -0.15) is 4.31 Å². The maximum atomic E-state index is 12.8. The van der Waals surface area contributed by atoms with Gasteiger partial charge in [-0.3, -0.25) is 0 Å². The number of esters is 1. The van der Waals surface area contributed by atoms with E-state index in [1.54, 1.807) is 13.0 Å². The van der Waals surface area contributed by atoms with Crippen molar-refractivity contribution in [3.63, 3.8) is 0 Å². The van der Waals surface area contributed by atoms with Crippen molar-refractivity contribution >= 4 is 28.4 Å². The summed E-state index contributed by atoms with van der Waals surface area (Å²) in [7, 11) is -2.38. The molecule has 0 aromatic heterocycles. The number of methoxy groups -OCH3 is 1. The lowest BCUT2D eigenvalue weighted by Gasteiger charge is -2.34. The van der Waals surface area contributed by atoms with E-state index in [1.807, 2.05) is 0 Å². The summed E-state index contributed by atoms with van der Waals surface area (Å²) in [6, 6.07) is 4.36. The largest absolute Gasteiger partial charge is 0.465 e. The first-order valence-corrected chi connectivity index (χ1v) is 8.76. The van der Waals surface area contributed by atoms with Gasteiger partial charge in [-0.05, 0) is 37.5 Å². The SMILES string of the molecule is COC(=O)c1cc(S(=O)(=O)N2CCCCC2CN)ccc1C.Cl. The summed E-state index contributed by atoms with van der Waals surface area (Å²) < 4.78 is 31.9. The number of ether oxygens (including phenoxy) is 1. The van der Waals surface area contributed by atoms with E-state index in [-0.39, 0.29) is 28.9 Å². The Balaban J connectivity index is 0.00000264. The van der Waals surface area contributed by atoms with E-state index in [0.29, 0.717) is 18.7 Å². The van der Waals surface area contributed by atoms with Crippen molar-refractivity contribution in [2.75, 3.05) is 20.2 Å². The second-order valence-corrected chi connectivity index (χ2v) is 7.36. The number of halogens is 1. The minimum Gasteiger partial charge on any atom is -0.465 e. The van der Waals surface area contributed by atoms with E-state index in [9.17, 15) is 13.2 Å². The lowest BCUT2D eigenvalue weighted by molar-refractivity contribution is 0.0599. The molecule has 0 amide bonds. The van der Waals surface area contributed by atoms with Crippen LogP contribution in [0.15, 0.2) is 23.1 Å². The van der Waals surface area contributed by atoms with Gasteiger partial charge >= 0.3 is 5.97 Å². The maximum Gasteiger partial charge on any atom is 0.338 e. The first-order chi connectivity index (χ1) is 10.4. The zero-order chi connectivity index (χ0) is 16.3. The highest BCUT2D eigenvalue weighted by molar-refractivity contribution is 7.89. The van der Waals surface area contributed by atoms with Crippen LogP contribution in [0.2, 0.25) is 0 Å². The van der Waals surface area contributed by atoms with Crippen LogP contribution in [0, 0.1) is 6.92 Å². The molecular formula is C15H23ClN2O4S. The van der Waals surface area contributed by atoms with E-state index < -0.39 is 16.0 Å². The lowest BCUT2D eigenvalue weighted by Crippen LogP contribution is -2.47. The second kappa shape index (κ2) is 8.10. The fourth-order valence-corrected chi connectivity index (χ4v) is 4.48. The number of nitrogens with zero attached hydrogens (tertiary/aromatic N) is 1. The van der Waals surface area contributed by atoms with Gasteiger partial charge in [-0.25, -0.2) is 13.2 Å². The molecule has 0 spiro atoms. The number of piperidine rings is 1. The highest BCUT2D eigenvalue weighted by atomic mass is 35.5. The monoisotopic (exact) mass is 362 g/mol. The summed E-state index contributed by atoms with van der Waals surface area (Å²) >= 11 is 0. The number of carbonyl (C=O) groups excluding carboxylic acids is 1. The van der Waals surface area contributed by atoms with Crippen molar-refractivity contribution in [2.45, 2.75) is 37.1 Å². The molecule has 1 aromatic rings. The molecule has 1 heterocycles. The van der Waals surface area contributed by atoms with Crippen molar-refractivity contribution in [3.05, 3.63) is 29.3 Å². The van der Waals surface area contributed by atoms with Crippen LogP contribution < -0.4 is 5.73 Å². The molecule has 130 valence electrons. The van der Waals surface area contributed by atoms with Crippen LogP contribution in [-0.4, -0.2) is 44.9 Å². The molecule has 23 heavy (non-hydrogen) atoms. The smallest absolute Gasteiger partial charge is 0.338 e. The normalized spacial score (nSPS) is 19.0. The van der Waals surface area contributed by atoms with Crippen molar-refractivity contribution in [3.8, 4) is 0 Å². The Bertz CT molecular complexity index is 663. The minimum absolute atomic E-state index is 0. The Labute approximate surface area is 143 Å². The first kappa shape index (κ1) is 19.9. The quantitative estimate of drug-likeness (QED) is 0.823. The summed E-state index contributed by atoms with van der Waals surface area (Å²) in [5.74, 6) is -0.538. The average molecular weight is 363 g/mol. The second-order valence-electron chi connectivity index (χ2n) is 5.47. The molecule has 0 aliphatic carbocycles. The Kier molecular flexibility index (Phi) is 7.01. The van der Waals surface area contributed by atoms with Crippen LogP contribution in [0.3, 0.4) is 0 Å². The van der Waals surface area contributed by atoms with Gasteiger partial charge in [-0.1, -0.05) is 12.5 Å². The maximum absolute atomic E-state index is 12.8. The van der Waals surface area contributed by atoms with Gasteiger partial charge in [-0.15, -0.1) is 12.4 Å². The average Bonchev–Trinajstić information content (AvgIpc) is 2.54. The molecule has 6 nitrogen and oxygen atoms in total. The fraction of sp³-hybridized carbons (Fsp3) is 0.533. The van der Waals surface area contributed by atoms with Crippen LogP contribution in [0.25, 0.3) is 0 Å². The molecule has 0 saturated carbocycles. The number of sulfonamides is 1. The van der Waals surface area contributed by atoms with Gasteiger partial charge in [0.15, 0.2) is 0 Å². The Hall–Kier alpha value is -1.15. The van der Waals surface area contributed by atoms with Crippen molar-refractivity contribution in [1.82, 2.24) is 4.31 Å². The molecular weight excluding hydrogens is 340 g/mol. The number of hydrogen-bond acceptors (Lipinski definition) is 5. The van der Waals surface area contributed by atoms with E-state index >= 15 is 0 Å². The molecule has 1 aliphatic heterocycles. The number of aryl methyl sites for hydroxylation is 1. The van der Waals surface area contributed by atoms with Crippen LogP contribution in [0.4, 0.5) is 0 Å². The number of rotatable bonds is 4. The lowest BCUT2D eigenvalue weighted by atomic mass is 10.1. The van der Waals surface area contributed by atoms with Gasteiger partial charge in [0.1, 0.15) is 0 Å². The molecule has 1 unspecified atom stereocenters. The third-order valence-electron chi connectivity index (χ3n) is 4.07. The van der Waals surface area contributed by atoms with Crippen molar-refractivity contribution in [2.24, 2.45) is 5.73 Å². The number of nitrogens with two attached hydrogens (primary N) is 1. The number of benzene rings is 1. The molecule has 0 bridgehead atoms. The summed E-state index contributed by atoms with van der Waals surface area (Å²) in [6.07, 6.45) is 2.58. The standard InChI is InChI=1S/C15H22N2O4S.ClH/c1-11-6-7-13(9-14(11)15(18)21-2)22(19,20)17-8-4-3-5-12(17)10-16;/h6-7,9,12H,3-5,8,10,16H2,1-2H3;1H. The Morgan fingerprint density at radius 2 is 2.09 bits per heavy atom. The zero-order valence-electron chi connectivity index (χ0n) is 13.3. The zero-order valence-corrected chi connectivity index (χ0v) is 15.0. The molecule has 1 aromatic carbocycles. The predicted molar refractivity (Wildman–Crippen MR) is 90.4 cm³/mol. The number of hydrogen-bond donors (Lipinski definition) is 1. The van der Waals surface area contributed by atoms with E-state index in [1.165, 1.54) is 23.5 Å².